The molecule has 0 amide bonds. The zero-order chi connectivity index (χ0) is 13.5. The predicted molar refractivity (Wildman–Crippen MR) is 74.5 cm³/mol. The topological polar surface area (TPSA) is 46.3 Å². The van der Waals surface area contributed by atoms with E-state index < -0.39 is 0 Å². The second kappa shape index (κ2) is 4.78. The van der Waals surface area contributed by atoms with Crippen molar-refractivity contribution >= 4 is 6.08 Å². The van der Waals surface area contributed by atoms with Crippen molar-refractivity contribution in [3.05, 3.63) is 23.1 Å². The number of rotatable bonds is 3. The first kappa shape index (κ1) is 12.9. The van der Waals surface area contributed by atoms with Crippen LogP contribution in [0.2, 0.25) is 0 Å². The molecule has 1 aromatic heterocycles. The van der Waals surface area contributed by atoms with Crippen LogP contribution in [0.15, 0.2) is 16.3 Å². The standard InChI is InChI=1S/C16H23NO2/c1-11(18)6-7-13-4-3-5-14-8-15-12(10-17-19-15)9-16(13,14)2/h8,10-11,13,18H,3-7,9H2,1-2H3/t11?,13-,16-/m1/s1. The summed E-state index contributed by atoms with van der Waals surface area (Å²) in [6.07, 6.45) is 10.7. The van der Waals surface area contributed by atoms with E-state index in [-0.39, 0.29) is 11.5 Å². The van der Waals surface area contributed by atoms with Crippen LogP contribution in [0.3, 0.4) is 0 Å². The Kier molecular flexibility index (Phi) is 3.25. The monoisotopic (exact) mass is 261 g/mol. The van der Waals surface area contributed by atoms with Gasteiger partial charge in [0.15, 0.2) is 5.76 Å². The molecule has 1 saturated carbocycles. The van der Waals surface area contributed by atoms with Crippen molar-refractivity contribution in [3.8, 4) is 0 Å². The Morgan fingerprint density at radius 2 is 2.42 bits per heavy atom. The smallest absolute Gasteiger partial charge is 0.162 e. The van der Waals surface area contributed by atoms with Crippen LogP contribution in [0.25, 0.3) is 6.08 Å². The lowest BCUT2D eigenvalue weighted by Crippen LogP contribution is -2.37. The molecule has 0 aromatic carbocycles. The summed E-state index contributed by atoms with van der Waals surface area (Å²) >= 11 is 0. The second-order valence-electron chi connectivity index (χ2n) is 6.49. The zero-order valence-electron chi connectivity index (χ0n) is 11.9. The van der Waals surface area contributed by atoms with Gasteiger partial charge in [0.05, 0.1) is 12.3 Å². The summed E-state index contributed by atoms with van der Waals surface area (Å²) in [7, 11) is 0. The van der Waals surface area contributed by atoms with E-state index in [9.17, 15) is 5.11 Å². The Balaban J connectivity index is 1.86. The van der Waals surface area contributed by atoms with E-state index >= 15 is 0 Å². The van der Waals surface area contributed by atoms with Crippen LogP contribution < -0.4 is 0 Å². The van der Waals surface area contributed by atoms with Crippen LogP contribution in [0.4, 0.5) is 0 Å². The molecule has 2 aliphatic rings. The summed E-state index contributed by atoms with van der Waals surface area (Å²) in [5.74, 6) is 1.63. The molecule has 3 nitrogen and oxygen atoms in total. The number of hydrogen-bond acceptors (Lipinski definition) is 3. The number of hydrogen-bond donors (Lipinski definition) is 1. The number of aliphatic hydroxyl groups excluding tert-OH is 1. The van der Waals surface area contributed by atoms with Crippen LogP contribution in [0.5, 0.6) is 0 Å². The summed E-state index contributed by atoms with van der Waals surface area (Å²) < 4.78 is 5.32. The zero-order valence-corrected chi connectivity index (χ0v) is 11.9. The molecule has 0 saturated heterocycles. The fraction of sp³-hybridized carbons (Fsp3) is 0.688. The van der Waals surface area contributed by atoms with Crippen molar-refractivity contribution in [1.82, 2.24) is 5.16 Å². The number of allylic oxidation sites excluding steroid dienone is 1. The van der Waals surface area contributed by atoms with Gasteiger partial charge in [-0.15, -0.1) is 0 Å². The maximum Gasteiger partial charge on any atom is 0.162 e. The van der Waals surface area contributed by atoms with E-state index in [1.54, 1.807) is 0 Å². The van der Waals surface area contributed by atoms with Gasteiger partial charge < -0.3 is 9.63 Å². The molecular weight excluding hydrogens is 238 g/mol. The Labute approximate surface area is 114 Å². The summed E-state index contributed by atoms with van der Waals surface area (Å²) in [5.41, 5.74) is 3.01. The third kappa shape index (κ3) is 2.25. The van der Waals surface area contributed by atoms with Crippen molar-refractivity contribution in [2.75, 3.05) is 0 Å². The molecule has 1 heterocycles. The fourth-order valence-corrected chi connectivity index (χ4v) is 3.88. The van der Waals surface area contributed by atoms with Gasteiger partial charge in [-0.25, -0.2) is 0 Å². The Bertz CT molecular complexity index is 489. The first-order chi connectivity index (χ1) is 9.09. The van der Waals surface area contributed by atoms with Crippen molar-refractivity contribution < 1.29 is 9.63 Å². The lowest BCUT2D eigenvalue weighted by atomic mass is 9.59. The van der Waals surface area contributed by atoms with Crippen molar-refractivity contribution in [3.63, 3.8) is 0 Å². The molecule has 0 radical (unpaired) electrons. The summed E-state index contributed by atoms with van der Waals surface area (Å²) in [4.78, 5) is 0. The van der Waals surface area contributed by atoms with Gasteiger partial charge in [0.2, 0.25) is 0 Å². The first-order valence-corrected chi connectivity index (χ1v) is 7.42. The number of aromatic nitrogens is 1. The van der Waals surface area contributed by atoms with E-state index in [2.05, 4.69) is 18.2 Å². The van der Waals surface area contributed by atoms with E-state index in [0.717, 1.165) is 25.0 Å². The maximum absolute atomic E-state index is 9.55. The lowest BCUT2D eigenvalue weighted by Gasteiger charge is -2.45. The van der Waals surface area contributed by atoms with Crippen LogP contribution in [-0.4, -0.2) is 16.4 Å². The molecule has 1 aromatic rings. The molecule has 3 rings (SSSR count). The molecule has 0 spiro atoms. The molecule has 104 valence electrons. The normalized spacial score (nSPS) is 31.3. The van der Waals surface area contributed by atoms with Gasteiger partial charge in [-0.2, -0.15) is 0 Å². The van der Waals surface area contributed by atoms with E-state index in [1.165, 1.54) is 30.4 Å². The second-order valence-corrected chi connectivity index (χ2v) is 6.49. The molecule has 1 unspecified atom stereocenters. The van der Waals surface area contributed by atoms with Gasteiger partial charge in [0.25, 0.3) is 0 Å². The van der Waals surface area contributed by atoms with Gasteiger partial charge >= 0.3 is 0 Å². The Morgan fingerprint density at radius 3 is 3.21 bits per heavy atom. The summed E-state index contributed by atoms with van der Waals surface area (Å²) in [5, 5.41) is 13.5. The van der Waals surface area contributed by atoms with Gasteiger partial charge in [-0.1, -0.05) is 17.7 Å². The van der Waals surface area contributed by atoms with Crippen LogP contribution in [-0.2, 0) is 6.42 Å². The van der Waals surface area contributed by atoms with E-state index in [4.69, 9.17) is 4.52 Å². The van der Waals surface area contributed by atoms with Gasteiger partial charge in [0.1, 0.15) is 0 Å². The van der Waals surface area contributed by atoms with Gasteiger partial charge in [-0.05, 0) is 62.9 Å². The molecule has 1 N–H and O–H groups in total. The predicted octanol–water partition coefficient (Wildman–Crippen LogP) is 3.58. The highest BCUT2D eigenvalue weighted by atomic mass is 16.5. The fourth-order valence-electron chi connectivity index (χ4n) is 3.88. The minimum absolute atomic E-state index is 0.187. The minimum atomic E-state index is -0.187. The van der Waals surface area contributed by atoms with Crippen LogP contribution in [0, 0.1) is 11.3 Å². The average Bonchev–Trinajstić information content (AvgIpc) is 2.79. The average molecular weight is 261 g/mol. The first-order valence-electron chi connectivity index (χ1n) is 7.42. The summed E-state index contributed by atoms with van der Waals surface area (Å²) in [6, 6.07) is 0. The van der Waals surface area contributed by atoms with Gasteiger partial charge in [-0.3, -0.25) is 0 Å². The van der Waals surface area contributed by atoms with Crippen LogP contribution >= 0.6 is 0 Å². The van der Waals surface area contributed by atoms with Crippen molar-refractivity contribution in [1.29, 1.82) is 0 Å². The molecule has 3 heteroatoms. The minimum Gasteiger partial charge on any atom is -0.393 e. The molecular formula is C16H23NO2. The Morgan fingerprint density at radius 1 is 1.58 bits per heavy atom. The number of aliphatic hydroxyl groups is 1. The molecule has 19 heavy (non-hydrogen) atoms. The quantitative estimate of drug-likeness (QED) is 0.904. The Hall–Kier alpha value is -1.09. The number of fused-ring (bicyclic) bond motifs is 2. The highest BCUT2D eigenvalue weighted by Crippen LogP contribution is 2.52. The lowest BCUT2D eigenvalue weighted by molar-refractivity contribution is 0.126. The van der Waals surface area contributed by atoms with Crippen molar-refractivity contribution in [2.45, 2.75) is 58.5 Å². The number of nitrogens with zero attached hydrogens (tertiary/aromatic N) is 1. The molecule has 0 aliphatic heterocycles. The highest BCUT2D eigenvalue weighted by molar-refractivity contribution is 5.57. The van der Waals surface area contributed by atoms with E-state index in [0.29, 0.717) is 5.92 Å². The largest absolute Gasteiger partial charge is 0.393 e. The molecule has 1 fully saturated rings. The van der Waals surface area contributed by atoms with E-state index in [1.807, 2.05) is 13.1 Å². The SMILES string of the molecule is CC(O)CC[C@H]1CCCC2=Cc3oncc3C[C@@]21C. The van der Waals surface area contributed by atoms with Gasteiger partial charge in [0, 0.05) is 5.56 Å². The van der Waals surface area contributed by atoms with Crippen LogP contribution in [0.1, 0.15) is 57.3 Å². The molecule has 3 atom stereocenters. The third-order valence-corrected chi connectivity index (χ3v) is 5.11. The van der Waals surface area contributed by atoms with Crippen molar-refractivity contribution in [2.24, 2.45) is 11.3 Å². The molecule has 0 bridgehead atoms. The summed E-state index contributed by atoms with van der Waals surface area (Å²) in [6.45, 7) is 4.28. The maximum atomic E-state index is 9.55. The highest BCUT2D eigenvalue weighted by Gasteiger charge is 2.42. The third-order valence-electron chi connectivity index (χ3n) is 5.11. The molecule has 2 aliphatic carbocycles.